The molecule has 5 nitrogen and oxygen atoms in total. The average molecular weight is 213 g/mol. The number of methoxy groups -OCH3 is 1. The Balaban J connectivity index is 2.69. The summed E-state index contributed by atoms with van der Waals surface area (Å²) in [5.74, 6) is 0.0827. The fourth-order valence-corrected chi connectivity index (χ4v) is 1.58. The molecule has 0 aromatic heterocycles. The second-order valence-corrected chi connectivity index (χ2v) is 3.21. The molecule has 0 radical (unpaired) electrons. The maximum atomic E-state index is 9.44. The van der Waals surface area contributed by atoms with Crippen LogP contribution in [0.5, 0.6) is 0 Å². The molecule has 1 fully saturated rings. The van der Waals surface area contributed by atoms with E-state index in [1.54, 1.807) is 0 Å². The van der Waals surface area contributed by atoms with E-state index in [2.05, 4.69) is 0 Å². The molecule has 1 saturated heterocycles. The summed E-state index contributed by atoms with van der Waals surface area (Å²) >= 11 is 5.52. The third-order valence-corrected chi connectivity index (χ3v) is 2.39. The Morgan fingerprint density at radius 3 is 2.38 bits per heavy atom. The molecule has 0 amide bonds. The van der Waals surface area contributed by atoms with Crippen molar-refractivity contribution in [2.24, 2.45) is 0 Å². The lowest BCUT2D eigenvalue weighted by atomic mass is 10.00. The summed E-state index contributed by atoms with van der Waals surface area (Å²) < 4.78 is 9.81. The Morgan fingerprint density at radius 2 is 1.92 bits per heavy atom. The first-order valence-electron chi connectivity index (χ1n) is 3.90. The van der Waals surface area contributed by atoms with Gasteiger partial charge >= 0.3 is 0 Å². The molecule has 5 atom stereocenters. The molecule has 1 heterocycles. The van der Waals surface area contributed by atoms with Gasteiger partial charge in [0, 0.05) is 7.11 Å². The summed E-state index contributed by atoms with van der Waals surface area (Å²) in [6.07, 6.45) is -5.27. The lowest BCUT2D eigenvalue weighted by molar-refractivity contribution is -0.280. The molecule has 0 aromatic carbocycles. The van der Waals surface area contributed by atoms with Crippen LogP contribution in [0.15, 0.2) is 0 Å². The molecule has 0 aromatic rings. The molecule has 78 valence electrons. The first kappa shape index (κ1) is 11.2. The van der Waals surface area contributed by atoms with Gasteiger partial charge in [0.2, 0.25) is 0 Å². The van der Waals surface area contributed by atoms with Crippen LogP contribution >= 0.6 is 11.6 Å². The van der Waals surface area contributed by atoms with E-state index in [0.29, 0.717) is 0 Å². The summed E-state index contributed by atoms with van der Waals surface area (Å²) in [5.41, 5.74) is 0. The van der Waals surface area contributed by atoms with Gasteiger partial charge in [-0.25, -0.2) is 0 Å². The molecule has 0 bridgehead atoms. The smallest absolute Gasteiger partial charge is 0.184 e. The highest BCUT2D eigenvalue weighted by atomic mass is 35.5. The third kappa shape index (κ3) is 2.12. The van der Waals surface area contributed by atoms with E-state index >= 15 is 0 Å². The lowest BCUT2D eigenvalue weighted by Crippen LogP contribution is -2.58. The first-order valence-corrected chi connectivity index (χ1v) is 4.43. The first-order chi connectivity index (χ1) is 6.11. The van der Waals surface area contributed by atoms with Crippen molar-refractivity contribution in [2.75, 3.05) is 13.0 Å². The Morgan fingerprint density at radius 1 is 1.31 bits per heavy atom. The lowest BCUT2D eigenvalue weighted by Gasteiger charge is -2.39. The Hall–Kier alpha value is 0.0900. The Bertz CT molecular complexity index is 165. The van der Waals surface area contributed by atoms with E-state index in [1.807, 2.05) is 0 Å². The van der Waals surface area contributed by atoms with Crippen molar-refractivity contribution in [3.05, 3.63) is 0 Å². The van der Waals surface area contributed by atoms with Crippen LogP contribution in [-0.4, -0.2) is 59.0 Å². The van der Waals surface area contributed by atoms with Crippen LogP contribution in [0.4, 0.5) is 0 Å². The second kappa shape index (κ2) is 4.54. The summed E-state index contributed by atoms with van der Waals surface area (Å²) in [6.45, 7) is 0. The minimum Gasteiger partial charge on any atom is -0.387 e. The highest BCUT2D eigenvalue weighted by Gasteiger charge is 2.43. The van der Waals surface area contributed by atoms with Crippen LogP contribution in [0, 0.1) is 0 Å². The fourth-order valence-electron chi connectivity index (χ4n) is 1.34. The van der Waals surface area contributed by atoms with Gasteiger partial charge in [-0.05, 0) is 0 Å². The summed E-state index contributed by atoms with van der Waals surface area (Å²) in [6, 6.07) is 0. The minimum atomic E-state index is -1.41. The third-order valence-electron chi connectivity index (χ3n) is 2.08. The van der Waals surface area contributed by atoms with Gasteiger partial charge in [0.25, 0.3) is 0 Å². The number of hydrogen-bond acceptors (Lipinski definition) is 5. The summed E-state index contributed by atoms with van der Waals surface area (Å²) in [7, 11) is 1.38. The number of aliphatic hydroxyl groups is 3. The number of hydrogen-bond donors (Lipinski definition) is 3. The van der Waals surface area contributed by atoms with Crippen molar-refractivity contribution >= 4 is 11.6 Å². The van der Waals surface area contributed by atoms with Crippen molar-refractivity contribution < 1.29 is 24.8 Å². The Labute approximate surface area is 80.8 Å². The van der Waals surface area contributed by atoms with E-state index < -0.39 is 30.7 Å². The second-order valence-electron chi connectivity index (χ2n) is 2.90. The molecule has 0 aliphatic carbocycles. The van der Waals surface area contributed by atoms with Crippen molar-refractivity contribution in [3.63, 3.8) is 0 Å². The molecule has 6 heteroatoms. The molecule has 1 rings (SSSR count). The van der Waals surface area contributed by atoms with Gasteiger partial charge in [-0.15, -0.1) is 11.6 Å². The van der Waals surface area contributed by atoms with Gasteiger partial charge in [-0.3, -0.25) is 0 Å². The van der Waals surface area contributed by atoms with Gasteiger partial charge in [-0.2, -0.15) is 0 Å². The quantitative estimate of drug-likeness (QED) is 0.495. The number of ether oxygens (including phenoxy) is 2. The van der Waals surface area contributed by atoms with Gasteiger partial charge in [0.15, 0.2) is 6.29 Å². The molecule has 13 heavy (non-hydrogen) atoms. The van der Waals surface area contributed by atoms with Crippen LogP contribution < -0.4 is 0 Å². The highest BCUT2D eigenvalue weighted by molar-refractivity contribution is 6.18. The van der Waals surface area contributed by atoms with E-state index in [4.69, 9.17) is 26.2 Å². The summed E-state index contributed by atoms with van der Waals surface area (Å²) in [4.78, 5) is 0. The molecule has 0 unspecified atom stereocenters. The van der Waals surface area contributed by atoms with Crippen LogP contribution in [0.2, 0.25) is 0 Å². The maximum absolute atomic E-state index is 9.44. The van der Waals surface area contributed by atoms with E-state index in [9.17, 15) is 10.2 Å². The molecular weight excluding hydrogens is 200 g/mol. The van der Waals surface area contributed by atoms with E-state index in [1.165, 1.54) is 7.11 Å². The highest BCUT2D eigenvalue weighted by Crippen LogP contribution is 2.22. The number of rotatable bonds is 2. The normalized spacial score (nSPS) is 46.4. The van der Waals surface area contributed by atoms with Gasteiger partial charge in [0.1, 0.15) is 24.4 Å². The van der Waals surface area contributed by atoms with Gasteiger partial charge in [-0.1, -0.05) is 0 Å². The van der Waals surface area contributed by atoms with Gasteiger partial charge < -0.3 is 24.8 Å². The zero-order valence-corrected chi connectivity index (χ0v) is 7.89. The minimum absolute atomic E-state index is 0.0827. The molecule has 3 N–H and O–H groups in total. The zero-order valence-electron chi connectivity index (χ0n) is 7.13. The van der Waals surface area contributed by atoms with E-state index in [-0.39, 0.29) is 5.88 Å². The van der Waals surface area contributed by atoms with Crippen molar-refractivity contribution in [2.45, 2.75) is 30.7 Å². The predicted molar refractivity (Wildman–Crippen MR) is 44.4 cm³/mol. The van der Waals surface area contributed by atoms with Crippen LogP contribution in [0.25, 0.3) is 0 Å². The predicted octanol–water partition coefficient (Wildman–Crippen LogP) is -1.32. The number of alkyl halides is 1. The van der Waals surface area contributed by atoms with Crippen molar-refractivity contribution in [1.29, 1.82) is 0 Å². The SMILES string of the molecule is CO[C@H]1[C@H](O)[C@H](O)[C@H](O)O[C@@H]1CCl. The average Bonchev–Trinajstić information content (AvgIpc) is 2.13. The molecule has 1 aliphatic heterocycles. The van der Waals surface area contributed by atoms with Crippen molar-refractivity contribution in [3.8, 4) is 0 Å². The monoisotopic (exact) mass is 212 g/mol. The van der Waals surface area contributed by atoms with E-state index in [0.717, 1.165) is 0 Å². The standard InChI is InChI=1S/C7H13ClO5/c1-12-6-3(2-8)13-7(11)5(10)4(6)9/h3-7,9-11H,2H2,1H3/t3-,4-,5+,6-,7-/m1/s1. The van der Waals surface area contributed by atoms with Crippen molar-refractivity contribution in [1.82, 2.24) is 0 Å². The Kier molecular flexibility index (Phi) is 3.90. The fraction of sp³-hybridized carbons (Fsp3) is 1.00. The zero-order chi connectivity index (χ0) is 10.0. The molecule has 1 aliphatic rings. The number of halogens is 1. The molecular formula is C7H13ClO5. The number of aliphatic hydroxyl groups excluding tert-OH is 3. The van der Waals surface area contributed by atoms with Crippen LogP contribution in [-0.2, 0) is 9.47 Å². The molecule has 0 spiro atoms. The maximum Gasteiger partial charge on any atom is 0.184 e. The summed E-state index contributed by atoms with van der Waals surface area (Å²) in [5, 5.41) is 27.8. The topological polar surface area (TPSA) is 79.2 Å². The van der Waals surface area contributed by atoms with Gasteiger partial charge in [0.05, 0.1) is 5.88 Å². The molecule has 0 saturated carbocycles. The van der Waals surface area contributed by atoms with Crippen LogP contribution in [0.3, 0.4) is 0 Å². The largest absolute Gasteiger partial charge is 0.387 e. The van der Waals surface area contributed by atoms with Crippen LogP contribution in [0.1, 0.15) is 0 Å².